The average Bonchev–Trinajstić information content (AvgIpc) is 3.34. The summed E-state index contributed by atoms with van der Waals surface area (Å²) < 4.78 is 6.94. The lowest BCUT2D eigenvalue weighted by Crippen LogP contribution is -2.36. The zero-order valence-electron chi connectivity index (χ0n) is 19.6. The number of carbonyl (C=O) groups is 1. The van der Waals surface area contributed by atoms with E-state index in [4.69, 9.17) is 9.72 Å². The molecule has 7 heteroatoms. The third-order valence-corrected chi connectivity index (χ3v) is 7.17. The molecule has 1 N–H and O–H groups in total. The van der Waals surface area contributed by atoms with Gasteiger partial charge in [-0.1, -0.05) is 59.9 Å². The van der Waals surface area contributed by atoms with Gasteiger partial charge in [-0.25, -0.2) is 9.97 Å². The molecule has 0 saturated heterocycles. The number of carbonyl (C=O) groups excluding carboxylic acids is 1. The molecule has 6 nitrogen and oxygen atoms in total. The second-order valence-corrected chi connectivity index (χ2v) is 9.72. The number of nitrogens with zero attached hydrogens (tertiary/aromatic N) is 3. The molecule has 0 saturated carbocycles. The molecule has 0 atom stereocenters. The van der Waals surface area contributed by atoms with Crippen molar-refractivity contribution < 1.29 is 9.53 Å². The van der Waals surface area contributed by atoms with Crippen LogP contribution in [0.15, 0.2) is 91.0 Å². The molecule has 0 spiro atoms. The number of hydrogen-bond acceptors (Lipinski definition) is 6. The van der Waals surface area contributed by atoms with Crippen LogP contribution in [0.1, 0.15) is 27.2 Å². The van der Waals surface area contributed by atoms with E-state index in [0.717, 1.165) is 50.2 Å². The summed E-state index contributed by atoms with van der Waals surface area (Å²) in [4.78, 5) is 24.5. The predicted octanol–water partition coefficient (Wildman–Crippen LogP) is 6.21. The third-order valence-electron chi connectivity index (χ3n) is 6.21. The number of nitrogens with one attached hydrogen (secondary N) is 1. The summed E-state index contributed by atoms with van der Waals surface area (Å²) in [5, 5.41) is 4.16. The number of pyridine rings is 1. The monoisotopic (exact) mass is 492 g/mol. The van der Waals surface area contributed by atoms with Gasteiger partial charge in [0.25, 0.3) is 5.91 Å². The minimum absolute atomic E-state index is 0.0351. The number of thiazole rings is 1. The first-order valence-electron chi connectivity index (χ1n) is 11.9. The molecule has 0 aliphatic carbocycles. The number of para-hydroxylation sites is 2. The van der Waals surface area contributed by atoms with E-state index < -0.39 is 0 Å². The lowest BCUT2D eigenvalue weighted by Gasteiger charge is -2.28. The maximum atomic E-state index is 13.1. The first-order chi connectivity index (χ1) is 17.7. The van der Waals surface area contributed by atoms with Crippen molar-refractivity contribution in [3.63, 3.8) is 0 Å². The largest absolute Gasteiger partial charge is 0.489 e. The van der Waals surface area contributed by atoms with Gasteiger partial charge in [-0.05, 0) is 53.6 Å². The van der Waals surface area contributed by atoms with Crippen molar-refractivity contribution in [3.05, 3.63) is 113 Å². The topological polar surface area (TPSA) is 67.3 Å². The molecule has 1 amide bonds. The average molecular weight is 493 g/mol. The summed E-state index contributed by atoms with van der Waals surface area (Å²) in [6.07, 6.45) is 0.722. The van der Waals surface area contributed by atoms with E-state index in [1.54, 1.807) is 11.3 Å². The molecule has 0 bridgehead atoms. The number of rotatable bonds is 6. The molecule has 1 aliphatic heterocycles. The quantitative estimate of drug-likeness (QED) is 0.305. The molecule has 6 rings (SSSR count). The smallest absolute Gasteiger partial charge is 0.254 e. The highest BCUT2D eigenvalue weighted by Crippen LogP contribution is 2.28. The number of aromatic nitrogens is 2. The van der Waals surface area contributed by atoms with Crippen LogP contribution in [-0.2, 0) is 19.6 Å². The molecule has 1 aliphatic rings. The number of anilines is 2. The van der Waals surface area contributed by atoms with Crippen LogP contribution < -0.4 is 10.1 Å². The van der Waals surface area contributed by atoms with E-state index in [9.17, 15) is 4.79 Å². The van der Waals surface area contributed by atoms with Gasteiger partial charge in [0.15, 0.2) is 5.13 Å². The summed E-state index contributed by atoms with van der Waals surface area (Å²) in [7, 11) is 0. The number of fused-ring (bicyclic) bond motifs is 2. The molecule has 3 aromatic carbocycles. The van der Waals surface area contributed by atoms with E-state index in [1.807, 2.05) is 83.8 Å². The maximum Gasteiger partial charge on any atom is 0.254 e. The fourth-order valence-corrected chi connectivity index (χ4v) is 5.18. The van der Waals surface area contributed by atoms with Crippen LogP contribution in [0.4, 0.5) is 10.9 Å². The van der Waals surface area contributed by atoms with Gasteiger partial charge in [0, 0.05) is 30.8 Å². The van der Waals surface area contributed by atoms with E-state index >= 15 is 0 Å². The molecular formula is C29H24N4O2S. The van der Waals surface area contributed by atoms with Crippen LogP contribution in [0.25, 0.3) is 10.2 Å². The van der Waals surface area contributed by atoms with Gasteiger partial charge in [-0.3, -0.25) is 4.79 Å². The molecule has 0 unspecified atom stereocenters. The van der Waals surface area contributed by atoms with Crippen molar-refractivity contribution in [2.45, 2.75) is 19.6 Å². The Kier molecular flexibility index (Phi) is 6.05. The Balaban J connectivity index is 1.09. The molecule has 3 heterocycles. The van der Waals surface area contributed by atoms with Crippen molar-refractivity contribution in [3.8, 4) is 5.75 Å². The summed E-state index contributed by atoms with van der Waals surface area (Å²) >= 11 is 1.61. The Hall–Kier alpha value is -4.23. The minimum Gasteiger partial charge on any atom is -0.489 e. The fourth-order valence-electron chi connectivity index (χ4n) is 4.30. The summed E-state index contributed by atoms with van der Waals surface area (Å²) in [5.41, 5.74) is 4.80. The second-order valence-electron chi connectivity index (χ2n) is 8.69. The third kappa shape index (κ3) is 4.78. The Bertz CT molecular complexity index is 1480. The highest BCUT2D eigenvalue weighted by atomic mass is 32.1. The van der Waals surface area contributed by atoms with Crippen LogP contribution in [0.3, 0.4) is 0 Å². The molecule has 0 fully saturated rings. The van der Waals surface area contributed by atoms with Crippen molar-refractivity contribution in [2.75, 3.05) is 11.9 Å². The first kappa shape index (κ1) is 22.2. The second kappa shape index (κ2) is 9.79. The molecule has 5 aromatic rings. The SMILES string of the molecule is O=C(c1ccc(COc2ccccc2)cc1)N1CCc2nc(Nc3nc4ccccc4s3)ccc2C1. The van der Waals surface area contributed by atoms with Gasteiger partial charge in [-0.15, -0.1) is 0 Å². The highest BCUT2D eigenvalue weighted by Gasteiger charge is 2.23. The normalized spacial score (nSPS) is 12.8. The van der Waals surface area contributed by atoms with Gasteiger partial charge in [-0.2, -0.15) is 0 Å². The van der Waals surface area contributed by atoms with Crippen LogP contribution in [0.5, 0.6) is 5.75 Å². The van der Waals surface area contributed by atoms with E-state index in [-0.39, 0.29) is 5.91 Å². The Labute approximate surface area is 213 Å². The van der Waals surface area contributed by atoms with Crippen molar-refractivity contribution >= 4 is 38.4 Å². The van der Waals surface area contributed by atoms with Gasteiger partial charge in [0.05, 0.1) is 10.2 Å². The zero-order valence-corrected chi connectivity index (χ0v) is 20.4. The van der Waals surface area contributed by atoms with Gasteiger partial charge >= 0.3 is 0 Å². The molecule has 2 aromatic heterocycles. The molecule has 0 radical (unpaired) electrons. The highest BCUT2D eigenvalue weighted by molar-refractivity contribution is 7.22. The number of ether oxygens (including phenoxy) is 1. The maximum absolute atomic E-state index is 13.1. The number of amides is 1. The van der Waals surface area contributed by atoms with Gasteiger partial charge in [0.2, 0.25) is 0 Å². The Morgan fingerprint density at radius 1 is 0.917 bits per heavy atom. The zero-order chi connectivity index (χ0) is 24.3. The van der Waals surface area contributed by atoms with Crippen LogP contribution in [0, 0.1) is 0 Å². The Morgan fingerprint density at radius 3 is 2.56 bits per heavy atom. The number of hydrogen-bond donors (Lipinski definition) is 1. The summed E-state index contributed by atoms with van der Waals surface area (Å²) in [6.45, 7) is 1.67. The summed E-state index contributed by atoms with van der Waals surface area (Å²) in [5.74, 6) is 1.64. The van der Waals surface area contributed by atoms with E-state index in [2.05, 4.69) is 22.4 Å². The van der Waals surface area contributed by atoms with Crippen molar-refractivity contribution in [2.24, 2.45) is 0 Å². The van der Waals surface area contributed by atoms with Gasteiger partial charge in [0.1, 0.15) is 18.2 Å². The number of benzene rings is 3. The standard InChI is InChI=1S/C29H24N4O2S/c34-28(21-12-10-20(11-13-21)19-35-23-6-2-1-3-7-23)33-17-16-24-22(18-33)14-15-27(30-24)32-29-31-25-8-4-5-9-26(25)36-29/h1-15H,16-19H2,(H,30,31,32). The van der Waals surface area contributed by atoms with Crippen molar-refractivity contribution in [1.29, 1.82) is 0 Å². The van der Waals surface area contributed by atoms with Crippen LogP contribution in [-0.4, -0.2) is 27.3 Å². The minimum atomic E-state index is 0.0351. The molecule has 36 heavy (non-hydrogen) atoms. The fraction of sp³-hybridized carbons (Fsp3) is 0.138. The lowest BCUT2D eigenvalue weighted by atomic mass is 10.0. The van der Waals surface area contributed by atoms with Crippen LogP contribution in [0.2, 0.25) is 0 Å². The van der Waals surface area contributed by atoms with Gasteiger partial charge < -0.3 is 15.0 Å². The van der Waals surface area contributed by atoms with E-state index in [0.29, 0.717) is 25.3 Å². The molecular weight excluding hydrogens is 468 g/mol. The van der Waals surface area contributed by atoms with Crippen molar-refractivity contribution in [1.82, 2.24) is 14.9 Å². The molecule has 178 valence electrons. The summed E-state index contributed by atoms with van der Waals surface area (Å²) in [6, 6.07) is 29.5. The lowest BCUT2D eigenvalue weighted by molar-refractivity contribution is 0.0733. The first-order valence-corrected chi connectivity index (χ1v) is 12.7. The van der Waals surface area contributed by atoms with E-state index in [1.165, 1.54) is 0 Å². The van der Waals surface area contributed by atoms with Crippen LogP contribution >= 0.6 is 11.3 Å². The Morgan fingerprint density at radius 2 is 1.72 bits per heavy atom. The predicted molar refractivity (Wildman–Crippen MR) is 143 cm³/mol.